The van der Waals surface area contributed by atoms with Gasteiger partial charge in [-0.25, -0.2) is 9.97 Å². The maximum atomic E-state index is 12.3. The molecule has 1 fully saturated rings. The van der Waals surface area contributed by atoms with Crippen LogP contribution in [0.15, 0.2) is 28.1 Å². The largest absolute Gasteiger partial charge is 0.353 e. The predicted molar refractivity (Wildman–Crippen MR) is 97.4 cm³/mol. The molecule has 1 amide bonds. The molecule has 1 unspecified atom stereocenters. The Morgan fingerprint density at radius 3 is 3.04 bits per heavy atom. The summed E-state index contributed by atoms with van der Waals surface area (Å²) in [7, 11) is 1.80. The van der Waals surface area contributed by atoms with Crippen LogP contribution in [0.3, 0.4) is 0 Å². The van der Waals surface area contributed by atoms with Crippen LogP contribution in [0.1, 0.15) is 23.3 Å². The summed E-state index contributed by atoms with van der Waals surface area (Å²) in [5.41, 5.74) is 0.447. The quantitative estimate of drug-likeness (QED) is 0.614. The number of aromatic nitrogens is 4. The van der Waals surface area contributed by atoms with Crippen LogP contribution in [0.2, 0.25) is 0 Å². The van der Waals surface area contributed by atoms with Gasteiger partial charge in [0.15, 0.2) is 5.16 Å². The van der Waals surface area contributed by atoms with Crippen molar-refractivity contribution < 1.29 is 4.79 Å². The first-order chi connectivity index (χ1) is 11.6. The number of piperidine rings is 1. The van der Waals surface area contributed by atoms with E-state index in [1.807, 2.05) is 6.26 Å². The first kappa shape index (κ1) is 17.2. The summed E-state index contributed by atoms with van der Waals surface area (Å²) in [5, 5.41) is 7.97. The van der Waals surface area contributed by atoms with E-state index in [-0.39, 0.29) is 11.9 Å². The monoisotopic (exact) mass is 410 g/mol. The number of rotatable bonds is 4. The fourth-order valence-corrected chi connectivity index (χ4v) is 3.52. The predicted octanol–water partition coefficient (Wildman–Crippen LogP) is 2.09. The van der Waals surface area contributed by atoms with Crippen LogP contribution in [0.4, 0.5) is 5.82 Å². The molecule has 9 heteroatoms. The lowest BCUT2D eigenvalue weighted by molar-refractivity contribution is 0.0927. The maximum absolute atomic E-state index is 12.3. The minimum Gasteiger partial charge on any atom is -0.353 e. The molecule has 1 saturated heterocycles. The summed E-state index contributed by atoms with van der Waals surface area (Å²) in [6, 6.07) is 1.80. The van der Waals surface area contributed by atoms with Crippen molar-refractivity contribution in [1.29, 1.82) is 0 Å². The maximum Gasteiger partial charge on any atom is 0.272 e. The second kappa shape index (κ2) is 7.52. The Morgan fingerprint density at radius 2 is 2.33 bits per heavy atom. The van der Waals surface area contributed by atoms with E-state index in [1.54, 1.807) is 30.2 Å². The Labute approximate surface area is 153 Å². The van der Waals surface area contributed by atoms with Crippen LogP contribution in [-0.4, -0.2) is 51.0 Å². The number of nitrogens with zero attached hydrogens (tertiary/aromatic N) is 5. The Morgan fingerprint density at radius 1 is 1.50 bits per heavy atom. The highest BCUT2D eigenvalue weighted by Crippen LogP contribution is 2.27. The van der Waals surface area contributed by atoms with Gasteiger partial charge in [0.25, 0.3) is 5.91 Å². The summed E-state index contributed by atoms with van der Waals surface area (Å²) in [4.78, 5) is 23.3. The number of amides is 1. The van der Waals surface area contributed by atoms with Crippen molar-refractivity contribution in [1.82, 2.24) is 25.1 Å². The minimum absolute atomic E-state index is 0.0767. The molecule has 2 aromatic rings. The molecular weight excluding hydrogens is 392 g/mol. The number of hydrogen-bond donors (Lipinski definition) is 1. The third-order valence-electron chi connectivity index (χ3n) is 3.89. The Balaban J connectivity index is 1.69. The van der Waals surface area contributed by atoms with Crippen LogP contribution in [0.25, 0.3) is 0 Å². The van der Waals surface area contributed by atoms with E-state index < -0.39 is 0 Å². The van der Waals surface area contributed by atoms with Gasteiger partial charge in [0.2, 0.25) is 0 Å². The number of carbonyl (C=O) groups is 1. The lowest BCUT2D eigenvalue weighted by Gasteiger charge is -2.34. The zero-order valence-electron chi connectivity index (χ0n) is 13.6. The van der Waals surface area contributed by atoms with Crippen LogP contribution < -0.4 is 10.2 Å². The summed E-state index contributed by atoms with van der Waals surface area (Å²) < 4.78 is 2.50. The summed E-state index contributed by atoms with van der Waals surface area (Å²) in [6.07, 6.45) is 7.46. The highest BCUT2D eigenvalue weighted by atomic mass is 79.9. The second-order valence-corrected chi connectivity index (χ2v) is 7.29. The van der Waals surface area contributed by atoms with Crippen molar-refractivity contribution in [3.05, 3.63) is 28.6 Å². The molecule has 128 valence electrons. The molecule has 0 radical (unpaired) electrons. The van der Waals surface area contributed by atoms with Gasteiger partial charge < -0.3 is 10.2 Å². The highest BCUT2D eigenvalue weighted by Gasteiger charge is 2.25. The van der Waals surface area contributed by atoms with Crippen molar-refractivity contribution in [2.24, 2.45) is 7.05 Å². The van der Waals surface area contributed by atoms with Crippen molar-refractivity contribution in [3.63, 3.8) is 0 Å². The minimum atomic E-state index is -0.131. The number of thioether (sulfide) groups is 1. The van der Waals surface area contributed by atoms with Gasteiger partial charge >= 0.3 is 0 Å². The molecule has 24 heavy (non-hydrogen) atoms. The Bertz CT molecular complexity index is 737. The highest BCUT2D eigenvalue weighted by molar-refractivity contribution is 9.10. The SMILES string of the molecule is CSc1ncc(Br)c(N2CCCC(NC(=O)c3ccn(C)n3)C2)n1. The van der Waals surface area contributed by atoms with Crippen LogP contribution in [-0.2, 0) is 7.05 Å². The third kappa shape index (κ3) is 3.89. The number of anilines is 1. The van der Waals surface area contributed by atoms with E-state index in [9.17, 15) is 4.79 Å². The smallest absolute Gasteiger partial charge is 0.272 e. The van der Waals surface area contributed by atoms with E-state index in [1.165, 1.54) is 11.8 Å². The van der Waals surface area contributed by atoms with E-state index in [4.69, 9.17) is 0 Å². The Hall–Kier alpha value is -1.61. The topological polar surface area (TPSA) is 75.9 Å². The second-order valence-electron chi connectivity index (χ2n) is 5.66. The molecule has 1 aliphatic rings. The van der Waals surface area contributed by atoms with Crippen LogP contribution in [0.5, 0.6) is 0 Å². The molecule has 0 spiro atoms. The Kier molecular flexibility index (Phi) is 5.40. The lowest BCUT2D eigenvalue weighted by atomic mass is 10.1. The molecule has 1 aliphatic heterocycles. The summed E-state index contributed by atoms with van der Waals surface area (Å²) in [6.45, 7) is 1.64. The molecular formula is C15H19BrN6OS. The standard InChI is InChI=1S/C15H19BrN6OS/c1-21-7-5-12(20-21)14(23)18-10-4-3-6-22(9-10)13-11(16)8-17-15(19-13)24-2/h5,7-8,10H,3-4,6,9H2,1-2H3,(H,18,23). The number of halogens is 1. The fraction of sp³-hybridized carbons (Fsp3) is 0.467. The zero-order chi connectivity index (χ0) is 17.1. The molecule has 0 aromatic carbocycles. The average Bonchev–Trinajstić information content (AvgIpc) is 3.02. The molecule has 0 saturated carbocycles. The van der Waals surface area contributed by atoms with Crippen LogP contribution in [0, 0.1) is 0 Å². The summed E-state index contributed by atoms with van der Waals surface area (Å²) in [5.74, 6) is 0.750. The number of aryl methyl sites for hydroxylation is 1. The van der Waals surface area contributed by atoms with Crippen molar-refractivity contribution >= 4 is 39.4 Å². The average molecular weight is 411 g/mol. The van der Waals surface area contributed by atoms with Gasteiger partial charge in [-0.3, -0.25) is 9.48 Å². The third-order valence-corrected chi connectivity index (χ3v) is 5.01. The molecule has 0 bridgehead atoms. The van der Waals surface area contributed by atoms with Crippen LogP contribution >= 0.6 is 27.7 Å². The molecule has 3 heterocycles. The van der Waals surface area contributed by atoms with E-state index in [0.29, 0.717) is 5.69 Å². The first-order valence-corrected chi connectivity index (χ1v) is 9.70. The van der Waals surface area contributed by atoms with Gasteiger partial charge in [0, 0.05) is 38.6 Å². The number of hydrogen-bond acceptors (Lipinski definition) is 6. The molecule has 3 rings (SSSR count). The molecule has 7 nitrogen and oxygen atoms in total. The van der Waals surface area contributed by atoms with Gasteiger partial charge in [-0.05, 0) is 41.1 Å². The molecule has 1 N–H and O–H groups in total. The summed E-state index contributed by atoms with van der Waals surface area (Å²) >= 11 is 5.05. The lowest BCUT2D eigenvalue weighted by Crippen LogP contribution is -2.48. The first-order valence-electron chi connectivity index (χ1n) is 7.69. The molecule has 2 aromatic heterocycles. The van der Waals surface area contributed by atoms with E-state index in [0.717, 1.165) is 41.4 Å². The van der Waals surface area contributed by atoms with Gasteiger partial charge in [-0.1, -0.05) is 11.8 Å². The van der Waals surface area contributed by atoms with E-state index in [2.05, 4.69) is 41.2 Å². The number of nitrogens with one attached hydrogen (secondary N) is 1. The van der Waals surface area contributed by atoms with Gasteiger partial charge in [0.05, 0.1) is 4.47 Å². The van der Waals surface area contributed by atoms with Crippen molar-refractivity contribution in [3.8, 4) is 0 Å². The molecule has 1 atom stereocenters. The number of carbonyl (C=O) groups excluding carboxylic acids is 1. The van der Waals surface area contributed by atoms with Gasteiger partial charge in [0.1, 0.15) is 11.5 Å². The zero-order valence-corrected chi connectivity index (χ0v) is 16.0. The van der Waals surface area contributed by atoms with Gasteiger partial charge in [-0.15, -0.1) is 0 Å². The van der Waals surface area contributed by atoms with Crippen molar-refractivity contribution in [2.75, 3.05) is 24.2 Å². The molecule has 0 aliphatic carbocycles. The normalized spacial score (nSPS) is 17.8. The fourth-order valence-electron chi connectivity index (χ4n) is 2.75. The van der Waals surface area contributed by atoms with Crippen molar-refractivity contribution in [2.45, 2.75) is 24.0 Å². The van der Waals surface area contributed by atoms with Gasteiger partial charge in [-0.2, -0.15) is 5.10 Å². The van der Waals surface area contributed by atoms with E-state index >= 15 is 0 Å².